The molecule has 1 aromatic heterocycles. The summed E-state index contributed by atoms with van der Waals surface area (Å²) in [7, 11) is 1.57. The minimum absolute atomic E-state index is 0.143. The second-order valence-electron chi connectivity index (χ2n) is 7.05. The number of carbonyl (C=O) groups excluding carboxylic acids is 1. The first-order valence-electron chi connectivity index (χ1n) is 10.5. The summed E-state index contributed by atoms with van der Waals surface area (Å²) in [4.78, 5) is 26.7. The molecule has 1 heterocycles. The third-order valence-electron chi connectivity index (χ3n) is 4.92. The highest BCUT2D eigenvalue weighted by Gasteiger charge is 2.22. The van der Waals surface area contributed by atoms with Crippen LogP contribution in [0.25, 0.3) is 0 Å². The van der Waals surface area contributed by atoms with Crippen LogP contribution in [0.15, 0.2) is 53.9 Å². The van der Waals surface area contributed by atoms with Crippen LogP contribution in [0.2, 0.25) is 0 Å². The van der Waals surface area contributed by atoms with Crippen LogP contribution in [-0.2, 0) is 13.2 Å². The van der Waals surface area contributed by atoms with Crippen molar-refractivity contribution < 1.29 is 23.9 Å². The molecule has 3 rings (SSSR count). The van der Waals surface area contributed by atoms with Gasteiger partial charge in [-0.05, 0) is 55.1 Å². The quantitative estimate of drug-likeness (QED) is 0.279. The summed E-state index contributed by atoms with van der Waals surface area (Å²) in [5.41, 5.74) is 0.855. The van der Waals surface area contributed by atoms with Crippen molar-refractivity contribution in [1.82, 2.24) is 4.90 Å². The summed E-state index contributed by atoms with van der Waals surface area (Å²) in [5.74, 6) is 1.03. The van der Waals surface area contributed by atoms with E-state index in [1.54, 1.807) is 36.3 Å². The SMILES string of the molecule is CCOc1ccc(C(=O)N(CC)Cc2ccc(OCc3cccs3)c(OC)c2)cc1[N+](=O)[O-]. The van der Waals surface area contributed by atoms with Gasteiger partial charge in [0.05, 0.1) is 18.6 Å². The Labute approximate surface area is 196 Å². The van der Waals surface area contributed by atoms with Gasteiger partial charge in [-0.1, -0.05) is 12.1 Å². The van der Waals surface area contributed by atoms with Crippen LogP contribution in [0.1, 0.15) is 34.6 Å². The van der Waals surface area contributed by atoms with Crippen molar-refractivity contribution in [3.63, 3.8) is 0 Å². The second-order valence-corrected chi connectivity index (χ2v) is 8.08. The third-order valence-corrected chi connectivity index (χ3v) is 5.77. The Kier molecular flexibility index (Phi) is 8.26. The lowest BCUT2D eigenvalue weighted by molar-refractivity contribution is -0.385. The summed E-state index contributed by atoms with van der Waals surface area (Å²) in [6.45, 7) is 5.09. The van der Waals surface area contributed by atoms with Crippen LogP contribution >= 0.6 is 11.3 Å². The molecule has 8 nitrogen and oxygen atoms in total. The number of nitro groups is 1. The van der Waals surface area contributed by atoms with Gasteiger partial charge >= 0.3 is 5.69 Å². The van der Waals surface area contributed by atoms with Gasteiger partial charge in [-0.2, -0.15) is 0 Å². The zero-order valence-electron chi connectivity index (χ0n) is 18.8. The number of benzene rings is 2. The van der Waals surface area contributed by atoms with E-state index in [-0.39, 0.29) is 22.9 Å². The van der Waals surface area contributed by atoms with Gasteiger partial charge in [-0.15, -0.1) is 11.3 Å². The van der Waals surface area contributed by atoms with Crippen LogP contribution in [0.4, 0.5) is 5.69 Å². The van der Waals surface area contributed by atoms with E-state index in [1.165, 1.54) is 12.1 Å². The van der Waals surface area contributed by atoms with Crippen molar-refractivity contribution in [3.05, 3.63) is 80.0 Å². The van der Waals surface area contributed by atoms with Crippen LogP contribution in [-0.4, -0.2) is 36.0 Å². The maximum Gasteiger partial charge on any atom is 0.311 e. The molecule has 0 bridgehead atoms. The fourth-order valence-corrected chi connectivity index (χ4v) is 3.89. The van der Waals surface area contributed by atoms with Gasteiger partial charge in [-0.25, -0.2) is 0 Å². The van der Waals surface area contributed by atoms with Gasteiger partial charge < -0.3 is 19.1 Å². The third kappa shape index (κ3) is 6.01. The average molecular weight is 471 g/mol. The van der Waals surface area contributed by atoms with Crippen LogP contribution in [0.3, 0.4) is 0 Å². The molecule has 0 aliphatic heterocycles. The Morgan fingerprint density at radius 1 is 1.06 bits per heavy atom. The number of rotatable bonds is 11. The minimum Gasteiger partial charge on any atom is -0.493 e. The van der Waals surface area contributed by atoms with Crippen molar-refractivity contribution in [2.75, 3.05) is 20.3 Å². The fourth-order valence-electron chi connectivity index (χ4n) is 3.27. The van der Waals surface area contributed by atoms with Gasteiger partial charge in [0, 0.05) is 29.6 Å². The number of ether oxygens (including phenoxy) is 3. The van der Waals surface area contributed by atoms with Gasteiger partial charge in [0.2, 0.25) is 0 Å². The molecule has 33 heavy (non-hydrogen) atoms. The van der Waals surface area contributed by atoms with E-state index in [0.29, 0.717) is 37.8 Å². The zero-order valence-corrected chi connectivity index (χ0v) is 19.6. The van der Waals surface area contributed by atoms with E-state index in [2.05, 4.69) is 0 Å². The number of hydrogen-bond donors (Lipinski definition) is 0. The molecule has 174 valence electrons. The zero-order chi connectivity index (χ0) is 23.8. The molecule has 0 N–H and O–H groups in total. The van der Waals surface area contributed by atoms with Gasteiger partial charge in [-0.3, -0.25) is 14.9 Å². The van der Waals surface area contributed by atoms with Gasteiger partial charge in [0.15, 0.2) is 17.2 Å². The highest BCUT2D eigenvalue weighted by atomic mass is 32.1. The van der Waals surface area contributed by atoms with Crippen LogP contribution in [0.5, 0.6) is 17.2 Å². The van der Waals surface area contributed by atoms with E-state index < -0.39 is 4.92 Å². The van der Waals surface area contributed by atoms with Crippen molar-refractivity contribution in [2.45, 2.75) is 27.0 Å². The van der Waals surface area contributed by atoms with Crippen LogP contribution in [0, 0.1) is 10.1 Å². The number of hydrogen-bond acceptors (Lipinski definition) is 7. The molecule has 0 saturated heterocycles. The molecule has 9 heteroatoms. The summed E-state index contributed by atoms with van der Waals surface area (Å²) in [5, 5.41) is 13.4. The standard InChI is InChI=1S/C24H26N2O6S/c1-4-25(24(27)18-9-11-21(31-5-2)20(14-18)26(28)29)15-17-8-10-22(23(13-17)30-3)32-16-19-7-6-12-33-19/h6-14H,4-5,15-16H2,1-3H3. The first-order chi connectivity index (χ1) is 16.0. The van der Waals surface area contributed by atoms with E-state index >= 15 is 0 Å². The molecule has 0 radical (unpaired) electrons. The average Bonchev–Trinajstić information content (AvgIpc) is 3.35. The largest absolute Gasteiger partial charge is 0.493 e. The van der Waals surface area contributed by atoms with Crippen LogP contribution < -0.4 is 14.2 Å². The number of amides is 1. The Morgan fingerprint density at radius 3 is 2.48 bits per heavy atom. The maximum absolute atomic E-state index is 13.1. The molecule has 3 aromatic rings. The Bertz CT molecular complexity index is 1100. The summed E-state index contributed by atoms with van der Waals surface area (Å²) >= 11 is 1.62. The smallest absolute Gasteiger partial charge is 0.311 e. The summed E-state index contributed by atoms with van der Waals surface area (Å²) in [6, 6.07) is 13.8. The number of nitrogens with zero attached hydrogens (tertiary/aromatic N) is 2. The normalized spacial score (nSPS) is 10.5. The molecule has 0 aliphatic rings. The first kappa shape index (κ1) is 24.1. The van der Waals surface area contributed by atoms with E-state index in [9.17, 15) is 14.9 Å². The van der Waals surface area contributed by atoms with Gasteiger partial charge in [0.1, 0.15) is 6.61 Å². The van der Waals surface area contributed by atoms with Crippen molar-refractivity contribution in [1.29, 1.82) is 0 Å². The topological polar surface area (TPSA) is 91.1 Å². The predicted molar refractivity (Wildman–Crippen MR) is 126 cm³/mol. The molecule has 0 unspecified atom stereocenters. The van der Waals surface area contributed by atoms with Crippen molar-refractivity contribution in [2.24, 2.45) is 0 Å². The fraction of sp³-hybridized carbons (Fsp3) is 0.292. The Balaban J connectivity index is 1.76. The molecule has 0 spiro atoms. The number of carbonyl (C=O) groups is 1. The minimum atomic E-state index is -0.544. The molecule has 0 aliphatic carbocycles. The highest BCUT2D eigenvalue weighted by molar-refractivity contribution is 7.09. The number of thiophene rings is 1. The number of methoxy groups -OCH3 is 1. The molecular weight excluding hydrogens is 444 g/mol. The second kappa shape index (κ2) is 11.3. The summed E-state index contributed by atoms with van der Waals surface area (Å²) < 4.78 is 16.7. The van der Waals surface area contributed by atoms with Crippen molar-refractivity contribution >= 4 is 22.9 Å². The molecule has 2 aromatic carbocycles. The van der Waals surface area contributed by atoms with E-state index in [0.717, 1.165) is 10.4 Å². The van der Waals surface area contributed by atoms with E-state index in [1.807, 2.05) is 42.6 Å². The van der Waals surface area contributed by atoms with Crippen molar-refractivity contribution in [3.8, 4) is 17.2 Å². The summed E-state index contributed by atoms with van der Waals surface area (Å²) in [6.07, 6.45) is 0. The first-order valence-corrected chi connectivity index (χ1v) is 11.4. The predicted octanol–water partition coefficient (Wildman–Crippen LogP) is 5.30. The highest BCUT2D eigenvalue weighted by Crippen LogP contribution is 2.31. The molecule has 1 amide bonds. The molecular formula is C24H26N2O6S. The number of nitro benzene ring substituents is 1. The molecule has 0 atom stereocenters. The monoisotopic (exact) mass is 470 g/mol. The molecule has 0 saturated carbocycles. The lowest BCUT2D eigenvalue weighted by Crippen LogP contribution is -2.30. The maximum atomic E-state index is 13.1. The molecule has 0 fully saturated rings. The lowest BCUT2D eigenvalue weighted by atomic mass is 10.1. The van der Waals surface area contributed by atoms with Gasteiger partial charge in [0.25, 0.3) is 5.91 Å². The van der Waals surface area contributed by atoms with E-state index in [4.69, 9.17) is 14.2 Å². The Hall–Kier alpha value is -3.59. The Morgan fingerprint density at radius 2 is 1.85 bits per heavy atom. The lowest BCUT2D eigenvalue weighted by Gasteiger charge is -2.22.